The summed E-state index contributed by atoms with van der Waals surface area (Å²) in [5.74, 6) is 0. The van der Waals surface area contributed by atoms with Crippen molar-refractivity contribution < 1.29 is 8.42 Å². The molecule has 3 N–H and O–H groups in total. The third-order valence-corrected chi connectivity index (χ3v) is 3.85. The highest BCUT2D eigenvalue weighted by Crippen LogP contribution is 2.11. The molecule has 2 rings (SSSR count). The molecule has 0 heterocycles. The smallest absolute Gasteiger partial charge is 0.276 e. The molecule has 21 heavy (non-hydrogen) atoms. The van der Waals surface area contributed by atoms with Gasteiger partial charge in [-0.15, -0.1) is 0 Å². The molecule has 0 unspecified atom stereocenters. The zero-order valence-corrected chi connectivity index (χ0v) is 12.0. The van der Waals surface area contributed by atoms with Crippen molar-refractivity contribution in [2.75, 3.05) is 5.73 Å². The van der Waals surface area contributed by atoms with Gasteiger partial charge in [0, 0.05) is 11.9 Å². The second-order valence-corrected chi connectivity index (χ2v) is 5.87. The van der Waals surface area contributed by atoms with Crippen LogP contribution in [0.25, 0.3) is 6.08 Å². The number of hydrazone groups is 1. The summed E-state index contributed by atoms with van der Waals surface area (Å²) in [6, 6.07) is 15.5. The highest BCUT2D eigenvalue weighted by Gasteiger charge is 2.11. The lowest BCUT2D eigenvalue weighted by molar-refractivity contribution is 0.584. The molecular weight excluding hydrogens is 286 g/mol. The molecule has 0 spiro atoms. The number of nitrogens with zero attached hydrogens (tertiary/aromatic N) is 1. The molecule has 0 amide bonds. The lowest BCUT2D eigenvalue weighted by Gasteiger charge is -2.02. The van der Waals surface area contributed by atoms with Gasteiger partial charge in [-0.25, -0.2) is 4.83 Å². The first kappa shape index (κ1) is 14.8. The third kappa shape index (κ3) is 4.47. The molecule has 2 aromatic rings. The van der Waals surface area contributed by atoms with Gasteiger partial charge in [-0.05, 0) is 35.9 Å². The summed E-state index contributed by atoms with van der Waals surface area (Å²) in [6.45, 7) is 0. The van der Waals surface area contributed by atoms with Crippen molar-refractivity contribution in [3.8, 4) is 0 Å². The predicted molar refractivity (Wildman–Crippen MR) is 85.1 cm³/mol. The van der Waals surface area contributed by atoms with Gasteiger partial charge in [0.05, 0.1) is 4.90 Å². The standard InChI is InChI=1S/C15H15N3O2S/c16-14-8-10-15(11-9-14)21(19,20)18-17-12-4-7-13-5-2-1-3-6-13/h1-12,18H,16H2/b7-4+,17-12+. The number of anilines is 1. The third-order valence-electron chi connectivity index (χ3n) is 2.61. The fourth-order valence-electron chi connectivity index (χ4n) is 1.56. The minimum atomic E-state index is -3.66. The van der Waals surface area contributed by atoms with Crippen LogP contribution >= 0.6 is 0 Å². The van der Waals surface area contributed by atoms with Crippen LogP contribution in [-0.4, -0.2) is 14.6 Å². The van der Waals surface area contributed by atoms with Gasteiger partial charge in [0.2, 0.25) is 0 Å². The molecule has 6 heteroatoms. The van der Waals surface area contributed by atoms with Crippen molar-refractivity contribution in [2.45, 2.75) is 4.90 Å². The van der Waals surface area contributed by atoms with Crippen molar-refractivity contribution in [1.82, 2.24) is 4.83 Å². The Labute approximate surface area is 123 Å². The summed E-state index contributed by atoms with van der Waals surface area (Å²) in [5, 5.41) is 3.68. The Morgan fingerprint density at radius 2 is 1.67 bits per heavy atom. The minimum absolute atomic E-state index is 0.112. The zero-order chi connectivity index (χ0) is 15.1. The van der Waals surface area contributed by atoms with Crippen LogP contribution in [0.15, 0.2) is 70.7 Å². The lowest BCUT2D eigenvalue weighted by Crippen LogP contribution is -2.18. The van der Waals surface area contributed by atoms with Gasteiger partial charge < -0.3 is 5.73 Å². The van der Waals surface area contributed by atoms with Crippen LogP contribution in [0, 0.1) is 0 Å². The van der Waals surface area contributed by atoms with Gasteiger partial charge >= 0.3 is 0 Å². The molecule has 5 nitrogen and oxygen atoms in total. The number of rotatable bonds is 5. The van der Waals surface area contributed by atoms with Gasteiger partial charge in [0.1, 0.15) is 0 Å². The van der Waals surface area contributed by atoms with Gasteiger partial charge in [0.15, 0.2) is 0 Å². The van der Waals surface area contributed by atoms with E-state index in [1.807, 2.05) is 36.4 Å². The van der Waals surface area contributed by atoms with E-state index in [0.29, 0.717) is 5.69 Å². The number of nitrogen functional groups attached to an aromatic ring is 1. The number of nitrogens with two attached hydrogens (primary N) is 1. The summed E-state index contributed by atoms with van der Waals surface area (Å²) < 4.78 is 23.8. The van der Waals surface area contributed by atoms with E-state index >= 15 is 0 Å². The molecule has 0 aliphatic carbocycles. The van der Waals surface area contributed by atoms with Crippen molar-refractivity contribution in [2.24, 2.45) is 5.10 Å². The monoisotopic (exact) mass is 301 g/mol. The second kappa shape index (κ2) is 6.71. The molecule has 0 atom stereocenters. The Hall–Kier alpha value is -2.60. The summed E-state index contributed by atoms with van der Waals surface area (Å²) in [6.07, 6.45) is 4.85. The Morgan fingerprint density at radius 3 is 2.33 bits per heavy atom. The van der Waals surface area contributed by atoms with E-state index in [2.05, 4.69) is 9.93 Å². The highest BCUT2D eigenvalue weighted by atomic mass is 32.2. The molecule has 0 aliphatic rings. The first-order chi connectivity index (χ1) is 10.1. The van der Waals surface area contributed by atoms with Crippen molar-refractivity contribution in [3.63, 3.8) is 0 Å². The number of benzene rings is 2. The van der Waals surface area contributed by atoms with E-state index in [1.54, 1.807) is 6.08 Å². The largest absolute Gasteiger partial charge is 0.399 e. The van der Waals surface area contributed by atoms with Gasteiger partial charge in [-0.2, -0.15) is 13.5 Å². The summed E-state index contributed by atoms with van der Waals surface area (Å²) in [5.41, 5.74) is 7.02. The lowest BCUT2D eigenvalue weighted by atomic mass is 10.2. The Balaban J connectivity index is 1.97. The second-order valence-electron chi connectivity index (χ2n) is 4.21. The number of hydrogen-bond donors (Lipinski definition) is 2. The van der Waals surface area contributed by atoms with Crippen LogP contribution in [-0.2, 0) is 10.0 Å². The molecule has 0 radical (unpaired) electrons. The Kier molecular flexibility index (Phi) is 4.73. The maximum atomic E-state index is 11.9. The normalized spacial score (nSPS) is 12.0. The zero-order valence-electron chi connectivity index (χ0n) is 11.2. The maximum absolute atomic E-state index is 11.9. The molecule has 0 bridgehead atoms. The fourth-order valence-corrected chi connectivity index (χ4v) is 2.36. The van der Waals surface area contributed by atoms with Crippen LogP contribution < -0.4 is 10.6 Å². The van der Waals surface area contributed by atoms with E-state index in [-0.39, 0.29) is 4.90 Å². The number of allylic oxidation sites excluding steroid dienone is 1. The molecule has 0 fully saturated rings. The van der Waals surface area contributed by atoms with E-state index < -0.39 is 10.0 Å². The quantitative estimate of drug-likeness (QED) is 0.504. The van der Waals surface area contributed by atoms with Gasteiger partial charge in [0.25, 0.3) is 10.0 Å². The van der Waals surface area contributed by atoms with Gasteiger partial charge in [-0.3, -0.25) is 0 Å². The number of sulfonamides is 1. The van der Waals surface area contributed by atoms with Crippen molar-refractivity contribution >= 4 is 28.0 Å². The predicted octanol–water partition coefficient (Wildman–Crippen LogP) is 2.25. The van der Waals surface area contributed by atoms with Crippen LogP contribution in [0.1, 0.15) is 5.56 Å². The van der Waals surface area contributed by atoms with E-state index in [4.69, 9.17) is 5.73 Å². The highest BCUT2D eigenvalue weighted by molar-refractivity contribution is 7.89. The molecule has 108 valence electrons. The Bertz CT molecular complexity index is 736. The molecule has 0 aromatic heterocycles. The van der Waals surface area contributed by atoms with Crippen molar-refractivity contribution in [3.05, 3.63) is 66.2 Å². The Morgan fingerprint density at radius 1 is 1.00 bits per heavy atom. The first-order valence-corrected chi connectivity index (χ1v) is 7.68. The maximum Gasteiger partial charge on any atom is 0.276 e. The minimum Gasteiger partial charge on any atom is -0.399 e. The van der Waals surface area contributed by atoms with Crippen molar-refractivity contribution in [1.29, 1.82) is 0 Å². The average Bonchev–Trinajstić information content (AvgIpc) is 2.48. The first-order valence-electron chi connectivity index (χ1n) is 6.20. The molecule has 0 saturated heterocycles. The number of hydrogen-bond acceptors (Lipinski definition) is 4. The van der Waals surface area contributed by atoms with E-state index in [9.17, 15) is 8.42 Å². The fraction of sp³-hybridized carbons (Fsp3) is 0. The van der Waals surface area contributed by atoms with Gasteiger partial charge in [-0.1, -0.05) is 36.4 Å². The molecule has 2 aromatic carbocycles. The number of nitrogens with one attached hydrogen (secondary N) is 1. The van der Waals surface area contributed by atoms with E-state index in [1.165, 1.54) is 30.5 Å². The molecule has 0 saturated carbocycles. The summed E-state index contributed by atoms with van der Waals surface area (Å²) in [4.78, 5) is 2.24. The topological polar surface area (TPSA) is 84.5 Å². The summed E-state index contributed by atoms with van der Waals surface area (Å²) >= 11 is 0. The van der Waals surface area contributed by atoms with Crippen LogP contribution in [0.3, 0.4) is 0 Å². The van der Waals surface area contributed by atoms with Crippen LogP contribution in [0.4, 0.5) is 5.69 Å². The van der Waals surface area contributed by atoms with Crippen LogP contribution in [0.2, 0.25) is 0 Å². The van der Waals surface area contributed by atoms with E-state index in [0.717, 1.165) is 5.56 Å². The molecular formula is C15H15N3O2S. The van der Waals surface area contributed by atoms with Crippen LogP contribution in [0.5, 0.6) is 0 Å². The SMILES string of the molecule is Nc1ccc(S(=O)(=O)N/N=C/C=C/c2ccccc2)cc1. The summed E-state index contributed by atoms with van der Waals surface area (Å²) in [7, 11) is -3.66. The average molecular weight is 301 g/mol. The molecule has 0 aliphatic heterocycles.